The highest BCUT2D eigenvalue weighted by Gasteiger charge is 2.27. The lowest BCUT2D eigenvalue weighted by Crippen LogP contribution is -2.37. The van der Waals surface area contributed by atoms with E-state index in [2.05, 4.69) is 13.8 Å². The maximum absolute atomic E-state index is 12.7. The molecule has 0 aliphatic carbocycles. The van der Waals surface area contributed by atoms with Gasteiger partial charge in [0, 0.05) is 12.8 Å². The average molecular weight is 805 g/mol. The van der Waals surface area contributed by atoms with E-state index in [-0.39, 0.29) is 25.6 Å². The smallest absolute Gasteiger partial charge is 0.462 e. The summed E-state index contributed by atoms with van der Waals surface area (Å²) in [5.74, 6) is -0.784. The molecule has 0 bridgehead atoms. The van der Waals surface area contributed by atoms with Crippen molar-refractivity contribution >= 4 is 19.8 Å². The van der Waals surface area contributed by atoms with Crippen LogP contribution < -0.4 is 0 Å². The summed E-state index contributed by atoms with van der Waals surface area (Å²) in [6.07, 6.45) is 38.6. The third kappa shape index (κ3) is 42.4. The van der Waals surface area contributed by atoms with Crippen molar-refractivity contribution in [1.29, 1.82) is 0 Å². The lowest BCUT2D eigenvalue weighted by molar-refractivity contribution is -0.870. The molecule has 0 radical (unpaired) electrons. The molecule has 0 aromatic heterocycles. The number of hydrogen-bond donors (Lipinski definition) is 1. The van der Waals surface area contributed by atoms with Gasteiger partial charge in [-0.25, -0.2) is 4.57 Å². The summed E-state index contributed by atoms with van der Waals surface area (Å²) in [4.78, 5) is 35.3. The maximum Gasteiger partial charge on any atom is 0.472 e. The lowest BCUT2D eigenvalue weighted by atomic mass is 10.0. The van der Waals surface area contributed by atoms with Gasteiger partial charge < -0.3 is 18.9 Å². The molecule has 0 heterocycles. The monoisotopic (exact) mass is 805 g/mol. The summed E-state index contributed by atoms with van der Waals surface area (Å²) in [6.45, 7) is 4.46. The second kappa shape index (κ2) is 38.5. The van der Waals surface area contributed by atoms with E-state index in [4.69, 9.17) is 18.5 Å². The van der Waals surface area contributed by atoms with Gasteiger partial charge in [0.15, 0.2) is 6.10 Å². The molecule has 0 aromatic carbocycles. The first-order valence-electron chi connectivity index (χ1n) is 23.3. The van der Waals surface area contributed by atoms with Gasteiger partial charge in [-0.05, 0) is 12.8 Å². The molecular weight excluding hydrogens is 713 g/mol. The molecule has 2 unspecified atom stereocenters. The number of esters is 2. The molecule has 0 aliphatic rings. The van der Waals surface area contributed by atoms with Gasteiger partial charge in [0.2, 0.25) is 0 Å². The van der Waals surface area contributed by atoms with Crippen molar-refractivity contribution < 1.29 is 42.1 Å². The largest absolute Gasteiger partial charge is 0.472 e. The maximum atomic E-state index is 12.7. The zero-order valence-corrected chi connectivity index (χ0v) is 37.8. The van der Waals surface area contributed by atoms with E-state index in [9.17, 15) is 19.0 Å². The van der Waals surface area contributed by atoms with Crippen LogP contribution in [0.4, 0.5) is 0 Å². The Labute approximate surface area is 340 Å². The van der Waals surface area contributed by atoms with Crippen molar-refractivity contribution in [3.8, 4) is 0 Å². The minimum atomic E-state index is -4.36. The van der Waals surface area contributed by atoms with Crippen molar-refractivity contribution in [3.63, 3.8) is 0 Å². The molecule has 0 aliphatic heterocycles. The normalized spacial score (nSPS) is 13.5. The van der Waals surface area contributed by atoms with E-state index in [1.165, 1.54) is 161 Å². The molecule has 2 atom stereocenters. The molecule has 1 N–H and O–H groups in total. The summed E-state index contributed by atoms with van der Waals surface area (Å²) in [5, 5.41) is 0. The minimum absolute atomic E-state index is 0.0368. The van der Waals surface area contributed by atoms with E-state index in [0.29, 0.717) is 17.4 Å². The summed E-state index contributed by atoms with van der Waals surface area (Å²) in [6, 6.07) is 0. The Morgan fingerprint density at radius 3 is 1.16 bits per heavy atom. The highest BCUT2D eigenvalue weighted by atomic mass is 31.2. The van der Waals surface area contributed by atoms with E-state index in [1.807, 2.05) is 21.1 Å². The van der Waals surface area contributed by atoms with Crippen molar-refractivity contribution in [2.75, 3.05) is 47.5 Å². The number of unbranched alkanes of at least 4 members (excludes halogenated alkanes) is 29. The van der Waals surface area contributed by atoms with Crippen LogP contribution in [-0.4, -0.2) is 74.9 Å². The molecule has 0 saturated heterocycles. The van der Waals surface area contributed by atoms with Gasteiger partial charge in [0.05, 0.1) is 27.7 Å². The van der Waals surface area contributed by atoms with Gasteiger partial charge >= 0.3 is 19.8 Å². The van der Waals surface area contributed by atoms with Crippen LogP contribution in [0.5, 0.6) is 0 Å². The second-order valence-corrected chi connectivity index (χ2v) is 18.6. The third-order valence-corrected chi connectivity index (χ3v) is 11.4. The highest BCUT2D eigenvalue weighted by molar-refractivity contribution is 7.47. The van der Waals surface area contributed by atoms with Gasteiger partial charge in [-0.2, -0.15) is 0 Å². The molecule has 0 fully saturated rings. The fraction of sp³-hybridized carbons (Fsp3) is 0.956. The molecule has 0 rings (SSSR count). The second-order valence-electron chi connectivity index (χ2n) is 17.2. The molecule has 55 heavy (non-hydrogen) atoms. The molecule has 9 nitrogen and oxygen atoms in total. The zero-order valence-electron chi connectivity index (χ0n) is 36.9. The van der Waals surface area contributed by atoms with Crippen molar-refractivity contribution in [3.05, 3.63) is 0 Å². The topological polar surface area (TPSA) is 108 Å². The van der Waals surface area contributed by atoms with Gasteiger partial charge in [-0.15, -0.1) is 0 Å². The number of hydrogen-bond acceptors (Lipinski definition) is 7. The quantitative estimate of drug-likeness (QED) is 0.0281. The van der Waals surface area contributed by atoms with Crippen LogP contribution >= 0.6 is 7.82 Å². The fourth-order valence-electron chi connectivity index (χ4n) is 6.72. The predicted octanol–water partition coefficient (Wildman–Crippen LogP) is 13.2. The Morgan fingerprint density at radius 1 is 0.491 bits per heavy atom. The van der Waals surface area contributed by atoms with Gasteiger partial charge in [0.1, 0.15) is 19.8 Å². The van der Waals surface area contributed by atoms with Crippen LogP contribution in [0.3, 0.4) is 0 Å². The predicted molar refractivity (Wildman–Crippen MR) is 229 cm³/mol. The molecule has 328 valence electrons. The Hall–Kier alpha value is -0.990. The zero-order chi connectivity index (χ0) is 40.7. The summed E-state index contributed by atoms with van der Waals surface area (Å²) in [7, 11) is 1.49. The van der Waals surface area contributed by atoms with Crippen molar-refractivity contribution in [2.45, 2.75) is 232 Å². The van der Waals surface area contributed by atoms with E-state index >= 15 is 0 Å². The molecule has 0 saturated carbocycles. The van der Waals surface area contributed by atoms with Crippen molar-refractivity contribution in [2.24, 2.45) is 0 Å². The number of likely N-dealkylation sites (N-methyl/N-ethyl adjacent to an activating group) is 1. The van der Waals surface area contributed by atoms with Crippen LogP contribution in [0.1, 0.15) is 226 Å². The van der Waals surface area contributed by atoms with Gasteiger partial charge in [-0.3, -0.25) is 18.6 Å². The minimum Gasteiger partial charge on any atom is -0.462 e. The first kappa shape index (κ1) is 54.0. The number of phosphoric ester groups is 1. The van der Waals surface area contributed by atoms with Crippen LogP contribution in [0.15, 0.2) is 0 Å². The molecular formula is C45H91NO8P+. The van der Waals surface area contributed by atoms with Crippen LogP contribution in [-0.2, 0) is 32.7 Å². The Balaban J connectivity index is 4.22. The van der Waals surface area contributed by atoms with Crippen LogP contribution in [0.25, 0.3) is 0 Å². The summed E-state index contributed by atoms with van der Waals surface area (Å²) < 4.78 is 34.3. The molecule has 0 amide bonds. The first-order chi connectivity index (χ1) is 26.5. The summed E-state index contributed by atoms with van der Waals surface area (Å²) in [5.41, 5.74) is 0. The van der Waals surface area contributed by atoms with E-state index in [1.54, 1.807) is 0 Å². The van der Waals surface area contributed by atoms with Crippen LogP contribution in [0, 0.1) is 0 Å². The lowest BCUT2D eigenvalue weighted by Gasteiger charge is -2.24. The highest BCUT2D eigenvalue weighted by Crippen LogP contribution is 2.43. The Morgan fingerprint density at radius 2 is 0.818 bits per heavy atom. The SMILES string of the molecule is CCCCCCCCCCCCCCCCCCCCCCC(=O)OC(COC(=O)CCCCCCCCCCCCC)COP(=O)(O)OCC[N+](C)(C)C. The number of phosphoric acid groups is 1. The number of carbonyl (C=O) groups is 2. The van der Waals surface area contributed by atoms with Gasteiger partial charge in [-0.1, -0.05) is 200 Å². The van der Waals surface area contributed by atoms with Crippen LogP contribution in [0.2, 0.25) is 0 Å². The first-order valence-corrected chi connectivity index (χ1v) is 24.8. The molecule has 10 heteroatoms. The number of rotatable bonds is 43. The molecule has 0 aromatic rings. The number of carbonyl (C=O) groups excluding carboxylic acids is 2. The number of nitrogens with zero attached hydrogens (tertiary/aromatic N) is 1. The van der Waals surface area contributed by atoms with E-state index in [0.717, 1.165) is 38.5 Å². The van der Waals surface area contributed by atoms with Crippen molar-refractivity contribution in [1.82, 2.24) is 0 Å². The standard InChI is InChI=1S/C45H90NO8P/c1-6-8-10-12-14-16-18-19-20-21-22-23-24-25-26-28-30-32-34-36-38-45(48)54-43(42-53-55(49,50)52-40-39-46(3,4)5)41-51-44(47)37-35-33-31-29-27-17-15-13-11-9-7-2/h43H,6-42H2,1-5H3/p+1. The number of quaternary nitrogens is 1. The summed E-state index contributed by atoms with van der Waals surface area (Å²) >= 11 is 0. The average Bonchev–Trinajstić information content (AvgIpc) is 3.13. The fourth-order valence-corrected chi connectivity index (χ4v) is 7.46. The molecule has 0 spiro atoms. The van der Waals surface area contributed by atoms with E-state index < -0.39 is 26.5 Å². The van der Waals surface area contributed by atoms with Gasteiger partial charge in [0.25, 0.3) is 0 Å². The third-order valence-electron chi connectivity index (χ3n) is 10.4. The number of ether oxygens (including phenoxy) is 2. The Bertz CT molecular complexity index is 912. The Kier molecular flexibility index (Phi) is 37.8.